The molecule has 3 heteroatoms. The predicted octanol–water partition coefficient (Wildman–Crippen LogP) is 2.79. The molecule has 1 N–H and O–H groups in total. The molecule has 56 valence electrons. The van der Waals surface area contributed by atoms with Crippen molar-refractivity contribution in [2.45, 2.75) is 0 Å². The molecule has 1 heterocycles. The highest BCUT2D eigenvalue weighted by molar-refractivity contribution is 6.35. The number of fused-ring (bicyclic) bond motifs is 1. The highest BCUT2D eigenvalue weighted by atomic mass is 35.5. The molecule has 2 aromatic rings. The molecule has 0 spiro atoms. The van der Waals surface area contributed by atoms with Crippen molar-refractivity contribution in [3.8, 4) is 5.75 Å². The lowest BCUT2D eigenvalue weighted by Gasteiger charge is -1.90. The van der Waals surface area contributed by atoms with Crippen molar-refractivity contribution >= 4 is 22.6 Å². The summed E-state index contributed by atoms with van der Waals surface area (Å²) in [7, 11) is 0. The molecule has 0 saturated heterocycles. The van der Waals surface area contributed by atoms with Gasteiger partial charge in [-0.15, -0.1) is 0 Å². The first-order valence-electron chi connectivity index (χ1n) is 3.14. The summed E-state index contributed by atoms with van der Waals surface area (Å²) >= 11 is 5.78. The third kappa shape index (κ3) is 0.870. The standard InChI is InChI=1S/C8H5ClO2/c9-5-2-1-3-7-8(5)6(10)4-11-7/h1-4,10H. The smallest absolute Gasteiger partial charge is 0.163 e. The number of hydrogen-bond acceptors (Lipinski definition) is 2. The van der Waals surface area contributed by atoms with Crippen LogP contribution in [0.2, 0.25) is 5.02 Å². The quantitative estimate of drug-likeness (QED) is 0.656. The van der Waals surface area contributed by atoms with E-state index in [1.54, 1.807) is 18.2 Å². The van der Waals surface area contributed by atoms with Crippen LogP contribution in [0, 0.1) is 0 Å². The maximum Gasteiger partial charge on any atom is 0.163 e. The number of hydrogen-bond donors (Lipinski definition) is 1. The van der Waals surface area contributed by atoms with Crippen molar-refractivity contribution in [3.05, 3.63) is 29.5 Å². The van der Waals surface area contributed by atoms with Crippen LogP contribution in [0.3, 0.4) is 0 Å². The lowest BCUT2D eigenvalue weighted by atomic mass is 10.2. The lowest BCUT2D eigenvalue weighted by molar-refractivity contribution is 0.464. The normalized spacial score (nSPS) is 10.6. The van der Waals surface area contributed by atoms with E-state index in [0.717, 1.165) is 0 Å². The number of benzene rings is 1. The van der Waals surface area contributed by atoms with Crippen molar-refractivity contribution in [3.63, 3.8) is 0 Å². The van der Waals surface area contributed by atoms with E-state index in [4.69, 9.17) is 16.0 Å². The molecule has 0 radical (unpaired) electrons. The van der Waals surface area contributed by atoms with Crippen LogP contribution in [0.4, 0.5) is 0 Å². The summed E-state index contributed by atoms with van der Waals surface area (Å²) in [5.74, 6) is 0.0885. The number of rotatable bonds is 0. The van der Waals surface area contributed by atoms with Crippen LogP contribution in [0.1, 0.15) is 0 Å². The zero-order valence-electron chi connectivity index (χ0n) is 5.54. The van der Waals surface area contributed by atoms with Crippen molar-refractivity contribution in [1.82, 2.24) is 0 Å². The van der Waals surface area contributed by atoms with Gasteiger partial charge in [0.15, 0.2) is 5.75 Å². The van der Waals surface area contributed by atoms with E-state index >= 15 is 0 Å². The second-order valence-electron chi connectivity index (χ2n) is 2.23. The van der Waals surface area contributed by atoms with Gasteiger partial charge >= 0.3 is 0 Å². The summed E-state index contributed by atoms with van der Waals surface area (Å²) in [4.78, 5) is 0. The number of aromatic hydroxyl groups is 1. The molecule has 2 rings (SSSR count). The molecule has 0 saturated carbocycles. The second-order valence-corrected chi connectivity index (χ2v) is 2.64. The molecule has 0 aliphatic rings. The maximum absolute atomic E-state index is 9.21. The van der Waals surface area contributed by atoms with Crippen LogP contribution >= 0.6 is 11.6 Å². The van der Waals surface area contributed by atoms with Crippen LogP contribution in [0.25, 0.3) is 11.0 Å². The van der Waals surface area contributed by atoms with E-state index in [1.807, 2.05) is 0 Å². The Labute approximate surface area is 68.0 Å². The summed E-state index contributed by atoms with van der Waals surface area (Å²) in [6.45, 7) is 0. The fraction of sp³-hybridized carbons (Fsp3) is 0. The third-order valence-corrected chi connectivity index (χ3v) is 1.84. The predicted molar refractivity (Wildman–Crippen MR) is 42.9 cm³/mol. The molecule has 0 bridgehead atoms. The Morgan fingerprint density at radius 2 is 2.18 bits per heavy atom. The van der Waals surface area contributed by atoms with Crippen LogP contribution in [-0.2, 0) is 0 Å². The zero-order valence-corrected chi connectivity index (χ0v) is 6.30. The fourth-order valence-electron chi connectivity index (χ4n) is 1.03. The Morgan fingerprint density at radius 3 is 2.91 bits per heavy atom. The Kier molecular flexibility index (Phi) is 1.29. The van der Waals surface area contributed by atoms with Crippen molar-refractivity contribution in [2.75, 3.05) is 0 Å². The fourth-order valence-corrected chi connectivity index (χ4v) is 1.29. The summed E-state index contributed by atoms with van der Waals surface area (Å²) in [6, 6.07) is 5.23. The molecule has 0 fully saturated rings. The Bertz CT molecular complexity index is 392. The van der Waals surface area contributed by atoms with Gasteiger partial charge in [0.25, 0.3) is 0 Å². The summed E-state index contributed by atoms with van der Waals surface area (Å²) < 4.78 is 5.00. The minimum atomic E-state index is 0.0885. The van der Waals surface area contributed by atoms with Gasteiger partial charge in [0.05, 0.1) is 10.4 Å². The van der Waals surface area contributed by atoms with E-state index < -0.39 is 0 Å². The first kappa shape index (κ1) is 6.55. The van der Waals surface area contributed by atoms with Crippen LogP contribution < -0.4 is 0 Å². The van der Waals surface area contributed by atoms with E-state index in [0.29, 0.717) is 16.0 Å². The second kappa shape index (κ2) is 2.17. The molecule has 1 aromatic carbocycles. The number of halogens is 1. The topological polar surface area (TPSA) is 33.4 Å². The Hall–Kier alpha value is -1.15. The molecule has 11 heavy (non-hydrogen) atoms. The molecular weight excluding hydrogens is 164 g/mol. The molecule has 1 aromatic heterocycles. The molecule has 0 aliphatic heterocycles. The molecule has 0 atom stereocenters. The van der Waals surface area contributed by atoms with Gasteiger partial charge in [0.1, 0.15) is 11.8 Å². The van der Waals surface area contributed by atoms with Gasteiger partial charge in [-0.05, 0) is 12.1 Å². The first-order valence-corrected chi connectivity index (χ1v) is 3.51. The third-order valence-electron chi connectivity index (χ3n) is 1.53. The summed E-state index contributed by atoms with van der Waals surface area (Å²) in [5, 5.41) is 10.3. The summed E-state index contributed by atoms with van der Waals surface area (Å²) in [6.07, 6.45) is 1.27. The van der Waals surface area contributed by atoms with Crippen molar-refractivity contribution in [1.29, 1.82) is 0 Å². The minimum absolute atomic E-state index is 0.0885. The molecular formula is C8H5ClO2. The minimum Gasteiger partial charge on any atom is -0.504 e. The van der Waals surface area contributed by atoms with E-state index in [1.165, 1.54) is 6.26 Å². The highest BCUT2D eigenvalue weighted by Crippen LogP contribution is 2.32. The highest BCUT2D eigenvalue weighted by Gasteiger charge is 2.06. The maximum atomic E-state index is 9.21. The molecule has 0 unspecified atom stereocenters. The van der Waals surface area contributed by atoms with E-state index in [-0.39, 0.29) is 5.75 Å². The van der Waals surface area contributed by atoms with Gasteiger partial charge in [-0.3, -0.25) is 0 Å². The van der Waals surface area contributed by atoms with Gasteiger partial charge in [-0.25, -0.2) is 0 Å². The molecule has 2 nitrogen and oxygen atoms in total. The van der Waals surface area contributed by atoms with Gasteiger partial charge in [0, 0.05) is 0 Å². The Morgan fingerprint density at radius 1 is 1.36 bits per heavy atom. The van der Waals surface area contributed by atoms with Gasteiger partial charge < -0.3 is 9.52 Å². The van der Waals surface area contributed by atoms with Gasteiger partial charge in [0.2, 0.25) is 0 Å². The van der Waals surface area contributed by atoms with Crippen LogP contribution in [-0.4, -0.2) is 5.11 Å². The Balaban J connectivity index is 2.96. The van der Waals surface area contributed by atoms with Crippen LogP contribution in [0.15, 0.2) is 28.9 Å². The largest absolute Gasteiger partial charge is 0.504 e. The van der Waals surface area contributed by atoms with Crippen molar-refractivity contribution < 1.29 is 9.52 Å². The zero-order chi connectivity index (χ0) is 7.84. The molecule has 0 amide bonds. The van der Waals surface area contributed by atoms with E-state index in [2.05, 4.69) is 0 Å². The number of furan rings is 1. The van der Waals surface area contributed by atoms with Crippen LogP contribution in [0.5, 0.6) is 5.75 Å². The van der Waals surface area contributed by atoms with E-state index in [9.17, 15) is 5.11 Å². The van der Waals surface area contributed by atoms with Gasteiger partial charge in [-0.1, -0.05) is 17.7 Å². The monoisotopic (exact) mass is 168 g/mol. The first-order chi connectivity index (χ1) is 5.29. The average Bonchev–Trinajstić information content (AvgIpc) is 2.34. The van der Waals surface area contributed by atoms with Crippen molar-refractivity contribution in [2.24, 2.45) is 0 Å². The average molecular weight is 169 g/mol. The SMILES string of the molecule is Oc1coc2cccc(Cl)c12. The van der Waals surface area contributed by atoms with Gasteiger partial charge in [-0.2, -0.15) is 0 Å². The molecule has 0 aliphatic carbocycles. The lowest BCUT2D eigenvalue weighted by Crippen LogP contribution is -1.65. The summed E-state index contributed by atoms with van der Waals surface area (Å²) in [5.41, 5.74) is 0.606.